The summed E-state index contributed by atoms with van der Waals surface area (Å²) < 4.78 is 0. The molecule has 2 aliphatic rings. The zero-order chi connectivity index (χ0) is 8.01. The smallest absolute Gasteiger partial charge is 0.307 e. The van der Waals surface area contributed by atoms with Crippen LogP contribution >= 0.6 is 0 Å². The van der Waals surface area contributed by atoms with E-state index >= 15 is 0 Å². The molecule has 0 radical (unpaired) electrons. The van der Waals surface area contributed by atoms with Crippen LogP contribution < -0.4 is 0 Å². The molecule has 2 N–H and O–H groups in total. The van der Waals surface area contributed by atoms with Crippen molar-refractivity contribution in [2.45, 2.75) is 25.4 Å². The topological polar surface area (TPSA) is 57.5 Å². The first kappa shape index (κ1) is 7.10. The maximum absolute atomic E-state index is 10.7. The Bertz CT molecular complexity index is 190. The van der Waals surface area contributed by atoms with Crippen LogP contribution in [0.5, 0.6) is 0 Å². The fourth-order valence-electron chi connectivity index (χ4n) is 2.68. The molecule has 2 aliphatic carbocycles. The van der Waals surface area contributed by atoms with Gasteiger partial charge in [0.1, 0.15) is 0 Å². The minimum atomic E-state index is -0.714. The lowest BCUT2D eigenvalue weighted by atomic mass is 9.97. The Morgan fingerprint density at radius 3 is 2.36 bits per heavy atom. The minimum Gasteiger partial charge on any atom is -0.481 e. The van der Waals surface area contributed by atoms with Crippen LogP contribution in [0.2, 0.25) is 0 Å². The summed E-state index contributed by atoms with van der Waals surface area (Å²) in [6, 6.07) is 0. The molecular formula is C8H12O3. The van der Waals surface area contributed by atoms with Gasteiger partial charge in [-0.2, -0.15) is 0 Å². The van der Waals surface area contributed by atoms with Crippen molar-refractivity contribution in [3.63, 3.8) is 0 Å². The van der Waals surface area contributed by atoms with Gasteiger partial charge >= 0.3 is 5.97 Å². The van der Waals surface area contributed by atoms with Crippen LogP contribution in [-0.4, -0.2) is 22.3 Å². The van der Waals surface area contributed by atoms with Gasteiger partial charge in [0.15, 0.2) is 0 Å². The summed E-state index contributed by atoms with van der Waals surface area (Å²) in [6.45, 7) is 0. The molecule has 0 aromatic heterocycles. The van der Waals surface area contributed by atoms with E-state index in [-0.39, 0.29) is 23.9 Å². The molecule has 0 aliphatic heterocycles. The molecule has 3 nitrogen and oxygen atoms in total. The van der Waals surface area contributed by atoms with Crippen LogP contribution in [0.4, 0.5) is 0 Å². The van der Waals surface area contributed by atoms with E-state index in [1.54, 1.807) is 0 Å². The van der Waals surface area contributed by atoms with Crippen LogP contribution in [-0.2, 0) is 4.79 Å². The van der Waals surface area contributed by atoms with Gasteiger partial charge in [-0.25, -0.2) is 0 Å². The van der Waals surface area contributed by atoms with E-state index in [1.807, 2.05) is 0 Å². The van der Waals surface area contributed by atoms with E-state index < -0.39 is 5.97 Å². The molecule has 2 bridgehead atoms. The quantitative estimate of drug-likeness (QED) is 0.580. The number of carboxylic acid groups (broad SMARTS) is 1. The number of aliphatic hydroxyl groups is 1. The Labute approximate surface area is 65.0 Å². The van der Waals surface area contributed by atoms with E-state index in [9.17, 15) is 9.90 Å². The number of carbonyl (C=O) groups is 1. The van der Waals surface area contributed by atoms with Gasteiger partial charge in [-0.05, 0) is 31.1 Å². The van der Waals surface area contributed by atoms with Crippen molar-refractivity contribution < 1.29 is 15.0 Å². The maximum atomic E-state index is 10.7. The van der Waals surface area contributed by atoms with Gasteiger partial charge in [-0.1, -0.05) is 0 Å². The lowest BCUT2D eigenvalue weighted by molar-refractivity contribution is -0.143. The van der Waals surface area contributed by atoms with Gasteiger partial charge in [0.05, 0.1) is 12.0 Å². The van der Waals surface area contributed by atoms with Crippen LogP contribution in [0.1, 0.15) is 19.3 Å². The van der Waals surface area contributed by atoms with Gasteiger partial charge in [0.25, 0.3) is 0 Å². The Kier molecular flexibility index (Phi) is 1.42. The lowest BCUT2D eigenvalue weighted by Gasteiger charge is -2.14. The fraction of sp³-hybridized carbons (Fsp3) is 0.875. The second kappa shape index (κ2) is 2.21. The SMILES string of the molecule is O=C(O)[C@@H]1[C@@H]2CC[C@@H]1[C@@H](O)C2. The monoisotopic (exact) mass is 156 g/mol. The summed E-state index contributed by atoms with van der Waals surface area (Å²) in [6.07, 6.45) is 2.28. The molecule has 0 aromatic carbocycles. The van der Waals surface area contributed by atoms with Gasteiger partial charge in [0, 0.05) is 0 Å². The molecule has 0 heterocycles. The first-order chi connectivity index (χ1) is 5.20. The summed E-state index contributed by atoms with van der Waals surface area (Å²) in [5.74, 6) is -0.649. The summed E-state index contributed by atoms with van der Waals surface area (Å²) in [4.78, 5) is 10.7. The van der Waals surface area contributed by atoms with Crippen molar-refractivity contribution in [1.29, 1.82) is 0 Å². The molecule has 4 atom stereocenters. The fourth-order valence-corrected chi connectivity index (χ4v) is 2.68. The average molecular weight is 156 g/mol. The van der Waals surface area contributed by atoms with E-state index in [1.165, 1.54) is 0 Å². The van der Waals surface area contributed by atoms with Crippen molar-refractivity contribution in [2.75, 3.05) is 0 Å². The Morgan fingerprint density at radius 2 is 2.09 bits per heavy atom. The molecule has 0 amide bonds. The highest BCUT2D eigenvalue weighted by molar-refractivity contribution is 5.71. The van der Waals surface area contributed by atoms with Crippen molar-refractivity contribution in [3.8, 4) is 0 Å². The molecule has 0 unspecified atom stereocenters. The Hall–Kier alpha value is -0.570. The number of carboxylic acids is 1. The molecule has 0 aromatic rings. The molecule has 3 heteroatoms. The number of rotatable bonds is 1. The number of fused-ring (bicyclic) bond motifs is 2. The van der Waals surface area contributed by atoms with Crippen LogP contribution in [0.15, 0.2) is 0 Å². The molecule has 62 valence electrons. The van der Waals surface area contributed by atoms with Crippen LogP contribution in [0.3, 0.4) is 0 Å². The van der Waals surface area contributed by atoms with Crippen LogP contribution in [0, 0.1) is 17.8 Å². The zero-order valence-electron chi connectivity index (χ0n) is 6.23. The van der Waals surface area contributed by atoms with E-state index in [2.05, 4.69) is 0 Å². The lowest BCUT2D eigenvalue weighted by Crippen LogP contribution is -2.22. The highest BCUT2D eigenvalue weighted by Crippen LogP contribution is 2.49. The third-order valence-corrected chi connectivity index (χ3v) is 3.16. The molecule has 11 heavy (non-hydrogen) atoms. The normalized spacial score (nSPS) is 48.1. The van der Waals surface area contributed by atoms with Gasteiger partial charge in [-0.15, -0.1) is 0 Å². The van der Waals surface area contributed by atoms with Gasteiger partial charge in [0.2, 0.25) is 0 Å². The molecule has 2 saturated carbocycles. The molecule has 2 fully saturated rings. The largest absolute Gasteiger partial charge is 0.481 e. The van der Waals surface area contributed by atoms with Crippen molar-refractivity contribution in [3.05, 3.63) is 0 Å². The summed E-state index contributed by atoms with van der Waals surface area (Å²) >= 11 is 0. The first-order valence-electron chi connectivity index (χ1n) is 4.11. The molecular weight excluding hydrogens is 144 g/mol. The van der Waals surface area contributed by atoms with Gasteiger partial charge in [-0.3, -0.25) is 4.79 Å². The highest BCUT2D eigenvalue weighted by atomic mass is 16.4. The average Bonchev–Trinajstić information content (AvgIpc) is 2.41. The Morgan fingerprint density at radius 1 is 1.36 bits per heavy atom. The third kappa shape index (κ3) is 0.872. The predicted molar refractivity (Wildman–Crippen MR) is 38.0 cm³/mol. The van der Waals surface area contributed by atoms with Crippen molar-refractivity contribution in [2.24, 2.45) is 17.8 Å². The number of hydrogen-bond acceptors (Lipinski definition) is 2. The number of hydrogen-bond donors (Lipinski definition) is 2. The highest BCUT2D eigenvalue weighted by Gasteiger charge is 2.50. The molecule has 0 saturated heterocycles. The zero-order valence-corrected chi connectivity index (χ0v) is 6.23. The maximum Gasteiger partial charge on any atom is 0.307 e. The number of aliphatic hydroxyl groups excluding tert-OH is 1. The molecule has 2 rings (SSSR count). The van der Waals surface area contributed by atoms with E-state index in [0.29, 0.717) is 6.42 Å². The molecule has 0 spiro atoms. The van der Waals surface area contributed by atoms with Crippen molar-refractivity contribution >= 4 is 5.97 Å². The van der Waals surface area contributed by atoms with Gasteiger partial charge < -0.3 is 10.2 Å². The first-order valence-corrected chi connectivity index (χ1v) is 4.11. The predicted octanol–water partition coefficient (Wildman–Crippen LogP) is 0.478. The third-order valence-electron chi connectivity index (χ3n) is 3.16. The van der Waals surface area contributed by atoms with E-state index in [0.717, 1.165) is 12.8 Å². The van der Waals surface area contributed by atoms with Crippen molar-refractivity contribution in [1.82, 2.24) is 0 Å². The second-order valence-electron chi connectivity index (χ2n) is 3.67. The summed E-state index contributed by atoms with van der Waals surface area (Å²) in [5.41, 5.74) is 0. The Balaban J connectivity index is 2.19. The summed E-state index contributed by atoms with van der Waals surface area (Å²) in [7, 11) is 0. The number of aliphatic carboxylic acids is 1. The standard InChI is InChI=1S/C8H12O3/c9-6-3-4-1-2-5(6)7(4)8(10)11/h4-7,9H,1-3H2,(H,10,11)/t4-,5-,6+,7-/m1/s1. The van der Waals surface area contributed by atoms with E-state index in [4.69, 9.17) is 5.11 Å². The second-order valence-corrected chi connectivity index (χ2v) is 3.67. The minimum absolute atomic E-state index is 0.0532. The van der Waals surface area contributed by atoms with Crippen LogP contribution in [0.25, 0.3) is 0 Å². The summed E-state index contributed by atoms with van der Waals surface area (Å²) in [5, 5.41) is 18.2.